The van der Waals surface area contributed by atoms with Crippen molar-refractivity contribution in [3.63, 3.8) is 0 Å². The Kier molecular flexibility index (Phi) is 3.36. The average molecular weight is 208 g/mol. The van der Waals surface area contributed by atoms with E-state index in [1.807, 2.05) is 4.68 Å². The first kappa shape index (κ1) is 10.6. The minimum absolute atomic E-state index is 0.597. The maximum absolute atomic E-state index is 4.24. The lowest BCUT2D eigenvalue weighted by atomic mass is 10.1. The van der Waals surface area contributed by atoms with Crippen molar-refractivity contribution in [1.29, 1.82) is 0 Å². The Hall–Kier alpha value is -0.900. The smallest absolute Gasteiger partial charge is 0.140 e. The SMILES string of the molecule is CCn1ncnc1CNC(C)CC1CC1. The molecule has 1 aliphatic rings. The second kappa shape index (κ2) is 4.75. The molecule has 0 aliphatic heterocycles. The topological polar surface area (TPSA) is 42.7 Å². The summed E-state index contributed by atoms with van der Waals surface area (Å²) >= 11 is 0. The van der Waals surface area contributed by atoms with Gasteiger partial charge in [-0.15, -0.1) is 0 Å². The summed E-state index contributed by atoms with van der Waals surface area (Å²) in [6.07, 6.45) is 5.79. The summed E-state index contributed by atoms with van der Waals surface area (Å²) in [5.41, 5.74) is 0. The number of aryl methyl sites for hydroxylation is 1. The largest absolute Gasteiger partial charge is 0.307 e. The van der Waals surface area contributed by atoms with E-state index in [-0.39, 0.29) is 0 Å². The van der Waals surface area contributed by atoms with Crippen molar-refractivity contribution in [1.82, 2.24) is 20.1 Å². The minimum Gasteiger partial charge on any atom is -0.307 e. The van der Waals surface area contributed by atoms with Crippen LogP contribution in [0.15, 0.2) is 6.33 Å². The Bertz CT molecular complexity index is 303. The summed E-state index contributed by atoms with van der Waals surface area (Å²) in [6.45, 7) is 6.08. The van der Waals surface area contributed by atoms with Gasteiger partial charge in [0.15, 0.2) is 0 Å². The van der Waals surface area contributed by atoms with Crippen LogP contribution in [0.3, 0.4) is 0 Å². The number of nitrogens with zero attached hydrogens (tertiary/aromatic N) is 3. The molecule has 1 aromatic rings. The van der Waals surface area contributed by atoms with Crippen LogP contribution < -0.4 is 5.32 Å². The molecule has 1 fully saturated rings. The van der Waals surface area contributed by atoms with Gasteiger partial charge >= 0.3 is 0 Å². The number of rotatable bonds is 6. The van der Waals surface area contributed by atoms with Crippen LogP contribution in [-0.4, -0.2) is 20.8 Å². The maximum atomic E-state index is 4.24. The normalized spacial score (nSPS) is 18.0. The van der Waals surface area contributed by atoms with Gasteiger partial charge in [0, 0.05) is 12.6 Å². The molecule has 1 heterocycles. The summed E-state index contributed by atoms with van der Waals surface area (Å²) in [7, 11) is 0. The van der Waals surface area contributed by atoms with Gasteiger partial charge in [-0.2, -0.15) is 5.10 Å². The van der Waals surface area contributed by atoms with E-state index in [0.717, 1.165) is 24.8 Å². The summed E-state index contributed by atoms with van der Waals surface area (Å²) in [4.78, 5) is 4.24. The van der Waals surface area contributed by atoms with Crippen molar-refractivity contribution in [3.05, 3.63) is 12.2 Å². The van der Waals surface area contributed by atoms with Crippen LogP contribution in [-0.2, 0) is 13.1 Å². The molecular weight excluding hydrogens is 188 g/mol. The van der Waals surface area contributed by atoms with Crippen LogP contribution in [0.2, 0.25) is 0 Å². The molecule has 2 rings (SSSR count). The highest BCUT2D eigenvalue weighted by atomic mass is 15.3. The van der Waals surface area contributed by atoms with Crippen molar-refractivity contribution in [2.75, 3.05) is 0 Å². The Labute approximate surface area is 91.1 Å². The lowest BCUT2D eigenvalue weighted by molar-refractivity contribution is 0.467. The Morgan fingerprint density at radius 2 is 2.40 bits per heavy atom. The van der Waals surface area contributed by atoms with Gasteiger partial charge in [-0.25, -0.2) is 9.67 Å². The van der Waals surface area contributed by atoms with Crippen molar-refractivity contribution >= 4 is 0 Å². The summed E-state index contributed by atoms with van der Waals surface area (Å²) in [5.74, 6) is 2.02. The molecule has 4 nitrogen and oxygen atoms in total. The van der Waals surface area contributed by atoms with Crippen LogP contribution in [0.25, 0.3) is 0 Å². The third kappa shape index (κ3) is 3.02. The zero-order valence-electron chi connectivity index (χ0n) is 9.61. The molecule has 0 spiro atoms. The van der Waals surface area contributed by atoms with Crippen LogP contribution in [0.4, 0.5) is 0 Å². The highest BCUT2D eigenvalue weighted by Gasteiger charge is 2.23. The lowest BCUT2D eigenvalue weighted by Crippen LogP contribution is -2.27. The molecule has 0 radical (unpaired) electrons. The monoisotopic (exact) mass is 208 g/mol. The predicted octanol–water partition coefficient (Wildman–Crippen LogP) is 1.58. The standard InChI is InChI=1S/C11H20N4/c1-3-15-11(13-8-14-15)7-12-9(2)6-10-4-5-10/h8-10,12H,3-7H2,1-2H3. The fourth-order valence-corrected chi connectivity index (χ4v) is 1.89. The molecule has 15 heavy (non-hydrogen) atoms. The molecule has 1 aromatic heterocycles. The average Bonchev–Trinajstić information content (AvgIpc) is 2.92. The van der Waals surface area contributed by atoms with Crippen molar-refractivity contribution in [2.45, 2.75) is 52.2 Å². The molecular formula is C11H20N4. The number of nitrogens with one attached hydrogen (secondary N) is 1. The maximum Gasteiger partial charge on any atom is 0.140 e. The Morgan fingerprint density at radius 3 is 3.07 bits per heavy atom. The number of hydrogen-bond donors (Lipinski definition) is 1. The highest BCUT2D eigenvalue weighted by molar-refractivity contribution is 4.85. The minimum atomic E-state index is 0.597. The number of aromatic nitrogens is 3. The van der Waals surface area contributed by atoms with Gasteiger partial charge in [-0.3, -0.25) is 0 Å². The van der Waals surface area contributed by atoms with Crippen LogP contribution >= 0.6 is 0 Å². The summed E-state index contributed by atoms with van der Waals surface area (Å²) in [5, 5.41) is 7.66. The van der Waals surface area contributed by atoms with Gasteiger partial charge < -0.3 is 5.32 Å². The zero-order chi connectivity index (χ0) is 10.7. The van der Waals surface area contributed by atoms with E-state index in [9.17, 15) is 0 Å². The van der Waals surface area contributed by atoms with Crippen LogP contribution in [0.5, 0.6) is 0 Å². The van der Waals surface area contributed by atoms with Crippen LogP contribution in [0.1, 0.15) is 38.9 Å². The second-order valence-corrected chi connectivity index (χ2v) is 4.45. The Balaban J connectivity index is 1.76. The fraction of sp³-hybridized carbons (Fsp3) is 0.818. The lowest BCUT2D eigenvalue weighted by Gasteiger charge is -2.12. The van der Waals surface area contributed by atoms with Crippen molar-refractivity contribution in [2.24, 2.45) is 5.92 Å². The zero-order valence-corrected chi connectivity index (χ0v) is 9.61. The summed E-state index contributed by atoms with van der Waals surface area (Å²) < 4.78 is 1.94. The first-order chi connectivity index (χ1) is 7.29. The van der Waals surface area contributed by atoms with Gasteiger partial charge in [0.25, 0.3) is 0 Å². The molecule has 0 bridgehead atoms. The van der Waals surface area contributed by atoms with E-state index < -0.39 is 0 Å². The van der Waals surface area contributed by atoms with Crippen LogP contribution in [0, 0.1) is 5.92 Å². The van der Waals surface area contributed by atoms with Crippen molar-refractivity contribution < 1.29 is 0 Å². The molecule has 84 valence electrons. The molecule has 1 atom stereocenters. The second-order valence-electron chi connectivity index (χ2n) is 4.45. The molecule has 4 heteroatoms. The van der Waals surface area contributed by atoms with Gasteiger partial charge in [-0.1, -0.05) is 12.8 Å². The number of hydrogen-bond acceptors (Lipinski definition) is 3. The predicted molar refractivity (Wildman–Crippen MR) is 59.3 cm³/mol. The third-order valence-electron chi connectivity index (χ3n) is 2.99. The van der Waals surface area contributed by atoms with E-state index in [2.05, 4.69) is 29.2 Å². The molecule has 0 aromatic carbocycles. The van der Waals surface area contributed by atoms with Gasteiger partial charge in [0.1, 0.15) is 12.2 Å². The van der Waals surface area contributed by atoms with Gasteiger partial charge in [0.05, 0.1) is 6.54 Å². The molecule has 1 aliphatic carbocycles. The summed E-state index contributed by atoms with van der Waals surface area (Å²) in [6, 6.07) is 0.597. The molecule has 1 saturated carbocycles. The third-order valence-corrected chi connectivity index (χ3v) is 2.99. The molecule has 0 saturated heterocycles. The van der Waals surface area contributed by atoms with E-state index in [1.165, 1.54) is 19.3 Å². The Morgan fingerprint density at radius 1 is 1.60 bits per heavy atom. The van der Waals surface area contributed by atoms with E-state index in [4.69, 9.17) is 0 Å². The molecule has 1 unspecified atom stereocenters. The highest BCUT2D eigenvalue weighted by Crippen LogP contribution is 2.33. The first-order valence-electron chi connectivity index (χ1n) is 5.89. The molecule has 0 amide bonds. The van der Waals surface area contributed by atoms with Gasteiger partial charge in [0.2, 0.25) is 0 Å². The molecule has 1 N–H and O–H groups in total. The first-order valence-corrected chi connectivity index (χ1v) is 5.89. The van der Waals surface area contributed by atoms with E-state index in [1.54, 1.807) is 6.33 Å². The quantitative estimate of drug-likeness (QED) is 0.771. The van der Waals surface area contributed by atoms with E-state index in [0.29, 0.717) is 6.04 Å². The van der Waals surface area contributed by atoms with Crippen molar-refractivity contribution in [3.8, 4) is 0 Å². The van der Waals surface area contributed by atoms with Gasteiger partial charge in [-0.05, 0) is 26.2 Å². The fourth-order valence-electron chi connectivity index (χ4n) is 1.89. The van der Waals surface area contributed by atoms with E-state index >= 15 is 0 Å².